The number of nitrogens with zero attached hydrogens (tertiary/aromatic N) is 1. The van der Waals surface area contributed by atoms with Crippen molar-refractivity contribution in [2.45, 2.75) is 38.0 Å². The van der Waals surface area contributed by atoms with Gasteiger partial charge in [-0.3, -0.25) is 4.79 Å². The molecular weight excluding hydrogens is 334 g/mol. The number of rotatable bonds is 5. The minimum atomic E-state index is -3.02. The van der Waals surface area contributed by atoms with Gasteiger partial charge in [0.25, 0.3) is 5.91 Å². The molecule has 0 radical (unpaired) electrons. The monoisotopic (exact) mass is 356 g/mol. The summed E-state index contributed by atoms with van der Waals surface area (Å²) in [6.45, 7) is -1.36. The van der Waals surface area contributed by atoms with Crippen LogP contribution in [-0.4, -0.2) is 56.8 Å². The summed E-state index contributed by atoms with van der Waals surface area (Å²) in [6, 6.07) is 3.20. The van der Waals surface area contributed by atoms with E-state index in [-0.39, 0.29) is 35.2 Å². The zero-order valence-corrected chi connectivity index (χ0v) is 14.3. The molecule has 2 aliphatic rings. The van der Waals surface area contributed by atoms with Crippen molar-refractivity contribution in [2.75, 3.05) is 27.3 Å². The molecule has 2 heterocycles. The fourth-order valence-electron chi connectivity index (χ4n) is 3.67. The predicted octanol–water partition coefficient (Wildman–Crippen LogP) is 2.27. The summed E-state index contributed by atoms with van der Waals surface area (Å²) in [6.07, 6.45) is 2.85. The molecule has 6 nitrogen and oxygen atoms in total. The number of fused-ring (bicyclic) bond motifs is 2. The maximum atomic E-state index is 13.1. The van der Waals surface area contributed by atoms with E-state index in [1.165, 1.54) is 26.4 Å². The molecule has 1 aromatic carbocycles. The van der Waals surface area contributed by atoms with Crippen LogP contribution in [0.3, 0.4) is 0 Å². The smallest absolute Gasteiger partial charge is 0.387 e. The van der Waals surface area contributed by atoms with Crippen LogP contribution in [0.15, 0.2) is 12.1 Å². The van der Waals surface area contributed by atoms with Gasteiger partial charge < -0.3 is 24.4 Å². The van der Waals surface area contributed by atoms with Crippen molar-refractivity contribution in [3.05, 3.63) is 17.7 Å². The Morgan fingerprint density at radius 2 is 1.80 bits per heavy atom. The van der Waals surface area contributed by atoms with E-state index in [1.54, 1.807) is 0 Å². The van der Waals surface area contributed by atoms with Crippen molar-refractivity contribution >= 4 is 5.91 Å². The highest BCUT2D eigenvalue weighted by Crippen LogP contribution is 2.40. The number of ether oxygens (including phenoxy) is 3. The molecule has 2 fully saturated rings. The quantitative estimate of drug-likeness (QED) is 0.877. The van der Waals surface area contributed by atoms with Crippen molar-refractivity contribution in [2.24, 2.45) is 0 Å². The molecule has 2 atom stereocenters. The van der Waals surface area contributed by atoms with E-state index in [2.05, 4.69) is 10.1 Å². The molecule has 0 aromatic heterocycles. The van der Waals surface area contributed by atoms with Crippen LogP contribution in [0.1, 0.15) is 29.6 Å². The third kappa shape index (κ3) is 3.49. The predicted molar refractivity (Wildman–Crippen MR) is 86.6 cm³/mol. The maximum absolute atomic E-state index is 13.1. The number of carbonyl (C=O) groups excluding carboxylic acids is 1. The van der Waals surface area contributed by atoms with Crippen LogP contribution >= 0.6 is 0 Å². The molecule has 2 unspecified atom stereocenters. The average molecular weight is 356 g/mol. The number of carbonyl (C=O) groups is 1. The topological polar surface area (TPSA) is 60.0 Å². The lowest BCUT2D eigenvalue weighted by Gasteiger charge is -2.28. The van der Waals surface area contributed by atoms with Gasteiger partial charge in [0.15, 0.2) is 11.5 Å². The van der Waals surface area contributed by atoms with Gasteiger partial charge in [0.05, 0.1) is 14.2 Å². The molecule has 2 saturated heterocycles. The first kappa shape index (κ1) is 17.7. The Bertz CT molecular complexity index is 602. The van der Waals surface area contributed by atoms with Crippen molar-refractivity contribution in [1.82, 2.24) is 10.2 Å². The van der Waals surface area contributed by atoms with Gasteiger partial charge >= 0.3 is 6.61 Å². The van der Waals surface area contributed by atoms with Crippen molar-refractivity contribution in [3.63, 3.8) is 0 Å². The lowest BCUT2D eigenvalue weighted by atomic mass is 10.1. The molecule has 2 bridgehead atoms. The van der Waals surface area contributed by atoms with Crippen molar-refractivity contribution in [3.8, 4) is 17.2 Å². The molecule has 1 amide bonds. The summed E-state index contributed by atoms with van der Waals surface area (Å²) >= 11 is 0. The SMILES string of the molecule is COc1cc(C(=O)N2C3CCNCC2CC3)cc(OC)c1OC(F)F. The van der Waals surface area contributed by atoms with Gasteiger partial charge in [0, 0.05) is 24.2 Å². The molecule has 0 spiro atoms. The van der Waals surface area contributed by atoms with Gasteiger partial charge in [0.1, 0.15) is 0 Å². The van der Waals surface area contributed by atoms with Gasteiger partial charge in [-0.25, -0.2) is 0 Å². The van der Waals surface area contributed by atoms with Crippen LogP contribution in [0.5, 0.6) is 17.2 Å². The first-order chi connectivity index (χ1) is 12.0. The summed E-state index contributed by atoms with van der Waals surface area (Å²) < 4.78 is 40.1. The Morgan fingerprint density at radius 1 is 1.16 bits per heavy atom. The van der Waals surface area contributed by atoms with Crippen molar-refractivity contribution < 1.29 is 27.8 Å². The highest BCUT2D eigenvalue weighted by molar-refractivity contribution is 5.96. The molecule has 2 aliphatic heterocycles. The van der Waals surface area contributed by atoms with Gasteiger partial charge in [-0.15, -0.1) is 0 Å². The fraction of sp³-hybridized carbons (Fsp3) is 0.588. The number of hydrogen-bond donors (Lipinski definition) is 1. The van der Waals surface area contributed by atoms with E-state index in [0.717, 1.165) is 32.4 Å². The van der Waals surface area contributed by atoms with Crippen LogP contribution < -0.4 is 19.5 Å². The zero-order chi connectivity index (χ0) is 18.0. The highest BCUT2D eigenvalue weighted by atomic mass is 19.3. The fourth-order valence-corrected chi connectivity index (χ4v) is 3.67. The zero-order valence-electron chi connectivity index (χ0n) is 14.3. The summed E-state index contributed by atoms with van der Waals surface area (Å²) in [4.78, 5) is 15.0. The Labute approximate surface area is 145 Å². The number of benzene rings is 1. The van der Waals surface area contributed by atoms with Gasteiger partial charge in [-0.1, -0.05) is 0 Å². The number of halogens is 2. The number of alkyl halides is 2. The molecule has 3 rings (SSSR count). The second-order valence-electron chi connectivity index (χ2n) is 6.18. The Kier molecular flexibility index (Phi) is 5.27. The van der Waals surface area contributed by atoms with Crippen LogP contribution in [0.2, 0.25) is 0 Å². The number of nitrogens with one attached hydrogen (secondary N) is 1. The Morgan fingerprint density at radius 3 is 2.40 bits per heavy atom. The molecule has 0 aliphatic carbocycles. The molecular formula is C17H22F2N2O4. The molecule has 0 saturated carbocycles. The second kappa shape index (κ2) is 7.43. The van der Waals surface area contributed by atoms with E-state index in [9.17, 15) is 13.6 Å². The standard InChI is InChI=1S/C17H22F2N2O4/c1-23-13-7-10(8-14(24-2)15(13)25-17(18)19)16(22)21-11-3-4-12(21)9-20-6-5-11/h7-8,11-12,17,20H,3-6,9H2,1-2H3. The van der Waals surface area contributed by atoms with Crippen molar-refractivity contribution in [1.29, 1.82) is 0 Å². The molecule has 138 valence electrons. The number of hydrogen-bond acceptors (Lipinski definition) is 5. The highest BCUT2D eigenvalue weighted by Gasteiger charge is 2.38. The van der Waals surface area contributed by atoms with E-state index < -0.39 is 6.61 Å². The van der Waals surface area contributed by atoms with E-state index in [1.807, 2.05) is 4.90 Å². The van der Waals surface area contributed by atoms with Gasteiger partial charge in [-0.05, 0) is 37.9 Å². The number of methoxy groups -OCH3 is 2. The average Bonchev–Trinajstić information content (AvgIpc) is 2.86. The molecule has 1 N–H and O–H groups in total. The number of amides is 1. The first-order valence-electron chi connectivity index (χ1n) is 8.29. The molecule has 1 aromatic rings. The van der Waals surface area contributed by atoms with E-state index >= 15 is 0 Å². The summed E-state index contributed by atoms with van der Waals surface area (Å²) in [5, 5.41) is 3.34. The molecule has 8 heteroatoms. The summed E-state index contributed by atoms with van der Waals surface area (Å²) in [5.41, 5.74) is 0.342. The van der Waals surface area contributed by atoms with Crippen LogP contribution in [0.4, 0.5) is 8.78 Å². The lowest BCUT2D eigenvalue weighted by Crippen LogP contribution is -2.42. The largest absolute Gasteiger partial charge is 0.493 e. The van der Waals surface area contributed by atoms with E-state index in [4.69, 9.17) is 9.47 Å². The third-order valence-corrected chi connectivity index (χ3v) is 4.80. The van der Waals surface area contributed by atoms with Gasteiger partial charge in [0.2, 0.25) is 5.75 Å². The Hall–Kier alpha value is -2.09. The minimum Gasteiger partial charge on any atom is -0.493 e. The van der Waals surface area contributed by atoms with Crippen LogP contribution in [0, 0.1) is 0 Å². The normalized spacial score (nSPS) is 22.7. The van der Waals surface area contributed by atoms with E-state index in [0.29, 0.717) is 5.56 Å². The Balaban J connectivity index is 1.95. The minimum absolute atomic E-state index is 0.0447. The van der Waals surface area contributed by atoms with Crippen LogP contribution in [-0.2, 0) is 0 Å². The third-order valence-electron chi connectivity index (χ3n) is 4.80. The van der Waals surface area contributed by atoms with Gasteiger partial charge in [-0.2, -0.15) is 8.78 Å². The summed E-state index contributed by atoms with van der Waals surface area (Å²) in [5.74, 6) is -0.264. The maximum Gasteiger partial charge on any atom is 0.387 e. The summed E-state index contributed by atoms with van der Waals surface area (Å²) in [7, 11) is 2.67. The lowest BCUT2D eigenvalue weighted by molar-refractivity contribution is -0.0526. The first-order valence-corrected chi connectivity index (χ1v) is 8.29. The molecule has 25 heavy (non-hydrogen) atoms. The van der Waals surface area contributed by atoms with Crippen LogP contribution in [0.25, 0.3) is 0 Å². The second-order valence-corrected chi connectivity index (χ2v) is 6.18.